The summed E-state index contributed by atoms with van der Waals surface area (Å²) in [6.45, 7) is 7.79. The molecule has 0 radical (unpaired) electrons. The zero-order valence-electron chi connectivity index (χ0n) is 12.4. The van der Waals surface area contributed by atoms with E-state index in [9.17, 15) is 0 Å². The molecule has 0 spiro atoms. The van der Waals surface area contributed by atoms with Crippen LogP contribution in [-0.2, 0) is 6.54 Å². The minimum atomic E-state index is 0.617. The van der Waals surface area contributed by atoms with Crippen molar-refractivity contribution in [1.82, 2.24) is 15.6 Å². The van der Waals surface area contributed by atoms with Gasteiger partial charge in [-0.15, -0.1) is 6.58 Å². The molecule has 20 heavy (non-hydrogen) atoms. The van der Waals surface area contributed by atoms with Crippen LogP contribution in [0.1, 0.15) is 25.3 Å². The summed E-state index contributed by atoms with van der Waals surface area (Å²) in [4.78, 5) is 8.41. The summed E-state index contributed by atoms with van der Waals surface area (Å²) in [7, 11) is 1.74. The quantitative estimate of drug-likeness (QED) is 0.330. The molecule has 0 amide bonds. The fourth-order valence-electron chi connectivity index (χ4n) is 1.57. The summed E-state index contributed by atoms with van der Waals surface area (Å²) in [5.74, 6) is 1.42. The molecule has 0 unspecified atom stereocenters. The molecule has 1 heterocycles. The first-order valence-corrected chi connectivity index (χ1v) is 6.94. The molecule has 0 aromatic carbocycles. The molecule has 0 saturated heterocycles. The van der Waals surface area contributed by atoms with E-state index in [0.717, 1.165) is 24.4 Å². The molecule has 1 aromatic rings. The van der Waals surface area contributed by atoms with Gasteiger partial charge in [-0.25, -0.2) is 4.98 Å². The van der Waals surface area contributed by atoms with Gasteiger partial charge in [-0.3, -0.25) is 4.99 Å². The van der Waals surface area contributed by atoms with Crippen LogP contribution in [0.2, 0.25) is 0 Å². The van der Waals surface area contributed by atoms with Gasteiger partial charge in [0.1, 0.15) is 0 Å². The molecule has 1 aromatic heterocycles. The van der Waals surface area contributed by atoms with Gasteiger partial charge in [0, 0.05) is 31.9 Å². The summed E-state index contributed by atoms with van der Waals surface area (Å²) in [5.41, 5.74) is 1.02. The van der Waals surface area contributed by atoms with Crippen LogP contribution in [0.4, 0.5) is 0 Å². The molecule has 0 saturated carbocycles. The van der Waals surface area contributed by atoms with Crippen molar-refractivity contribution in [1.29, 1.82) is 0 Å². The molecular weight excluding hydrogens is 252 g/mol. The molecule has 5 nitrogen and oxygen atoms in total. The molecule has 0 fully saturated rings. The fourth-order valence-corrected chi connectivity index (χ4v) is 1.57. The number of nitrogens with zero attached hydrogens (tertiary/aromatic N) is 2. The fraction of sp³-hybridized carbons (Fsp3) is 0.467. The Hall–Kier alpha value is -2.04. The van der Waals surface area contributed by atoms with Crippen LogP contribution in [0.5, 0.6) is 5.88 Å². The Labute approximate surface area is 121 Å². The highest BCUT2D eigenvalue weighted by Gasteiger charge is 2.05. The van der Waals surface area contributed by atoms with Crippen LogP contribution in [0, 0.1) is 0 Å². The summed E-state index contributed by atoms with van der Waals surface area (Å²) in [6, 6.07) is 3.91. The van der Waals surface area contributed by atoms with E-state index in [2.05, 4.69) is 34.1 Å². The number of ether oxygens (including phenoxy) is 1. The van der Waals surface area contributed by atoms with Crippen molar-refractivity contribution in [2.24, 2.45) is 4.99 Å². The van der Waals surface area contributed by atoms with Gasteiger partial charge < -0.3 is 15.4 Å². The van der Waals surface area contributed by atoms with E-state index in [1.54, 1.807) is 19.3 Å². The highest BCUT2D eigenvalue weighted by Crippen LogP contribution is 2.14. The third kappa shape index (κ3) is 5.73. The summed E-state index contributed by atoms with van der Waals surface area (Å²) >= 11 is 0. The molecule has 110 valence electrons. The Balaban J connectivity index is 2.55. The Morgan fingerprint density at radius 2 is 2.35 bits per heavy atom. The summed E-state index contributed by atoms with van der Waals surface area (Å²) in [6.07, 6.45) is 5.68. The minimum absolute atomic E-state index is 0.617. The standard InChI is InChI=1S/C15H24N4O/c1-4-6-11-20-14-13(8-7-10-17-14)12-19-15(16-3)18-9-5-2/h5,7-8,10H,2,4,6,9,11-12H2,1,3H3,(H2,16,18,19). The molecule has 5 heteroatoms. The monoisotopic (exact) mass is 276 g/mol. The van der Waals surface area contributed by atoms with Crippen molar-refractivity contribution in [2.45, 2.75) is 26.3 Å². The predicted octanol–water partition coefficient (Wildman–Crippen LogP) is 2.11. The van der Waals surface area contributed by atoms with E-state index in [1.165, 1.54) is 0 Å². The van der Waals surface area contributed by atoms with Gasteiger partial charge in [0.05, 0.1) is 6.61 Å². The van der Waals surface area contributed by atoms with E-state index in [1.807, 2.05) is 12.1 Å². The second-order valence-corrected chi connectivity index (χ2v) is 4.27. The average Bonchev–Trinajstić information content (AvgIpc) is 2.49. The zero-order valence-corrected chi connectivity index (χ0v) is 12.4. The number of guanidine groups is 1. The van der Waals surface area contributed by atoms with Crippen LogP contribution in [0.15, 0.2) is 36.0 Å². The van der Waals surface area contributed by atoms with Crippen LogP contribution >= 0.6 is 0 Å². The maximum Gasteiger partial charge on any atom is 0.218 e. The number of hydrogen-bond acceptors (Lipinski definition) is 3. The van der Waals surface area contributed by atoms with Gasteiger partial charge in [-0.05, 0) is 12.5 Å². The lowest BCUT2D eigenvalue weighted by molar-refractivity contribution is 0.294. The Kier molecular flexibility index (Phi) is 7.87. The smallest absolute Gasteiger partial charge is 0.218 e. The third-order valence-corrected chi connectivity index (χ3v) is 2.67. The number of hydrogen-bond donors (Lipinski definition) is 2. The highest BCUT2D eigenvalue weighted by atomic mass is 16.5. The van der Waals surface area contributed by atoms with Crippen molar-refractivity contribution >= 4 is 5.96 Å². The number of aliphatic imine (C=N–C) groups is 1. The minimum Gasteiger partial charge on any atom is -0.477 e. The normalized spacial score (nSPS) is 11.0. The maximum atomic E-state index is 5.70. The van der Waals surface area contributed by atoms with Gasteiger partial charge in [0.15, 0.2) is 5.96 Å². The largest absolute Gasteiger partial charge is 0.477 e. The lowest BCUT2D eigenvalue weighted by Gasteiger charge is -2.13. The molecule has 0 aliphatic heterocycles. The van der Waals surface area contributed by atoms with Crippen LogP contribution < -0.4 is 15.4 Å². The van der Waals surface area contributed by atoms with Gasteiger partial charge >= 0.3 is 0 Å². The van der Waals surface area contributed by atoms with Crippen molar-refractivity contribution in [3.8, 4) is 5.88 Å². The van der Waals surface area contributed by atoms with Crippen LogP contribution in [0.25, 0.3) is 0 Å². The van der Waals surface area contributed by atoms with E-state index in [4.69, 9.17) is 4.74 Å². The van der Waals surface area contributed by atoms with Crippen LogP contribution in [-0.4, -0.2) is 31.1 Å². The molecule has 0 aliphatic carbocycles. The highest BCUT2D eigenvalue weighted by molar-refractivity contribution is 5.79. The van der Waals surface area contributed by atoms with Gasteiger partial charge in [-0.2, -0.15) is 0 Å². The molecule has 0 aliphatic rings. The van der Waals surface area contributed by atoms with E-state index in [0.29, 0.717) is 25.6 Å². The summed E-state index contributed by atoms with van der Waals surface area (Å²) in [5, 5.41) is 6.34. The number of pyridine rings is 1. The van der Waals surface area contributed by atoms with E-state index in [-0.39, 0.29) is 0 Å². The zero-order chi connectivity index (χ0) is 14.6. The second-order valence-electron chi connectivity index (χ2n) is 4.27. The lowest BCUT2D eigenvalue weighted by atomic mass is 10.2. The van der Waals surface area contributed by atoms with E-state index >= 15 is 0 Å². The first-order valence-electron chi connectivity index (χ1n) is 6.94. The molecular formula is C15H24N4O. The third-order valence-electron chi connectivity index (χ3n) is 2.67. The van der Waals surface area contributed by atoms with Crippen molar-refractivity contribution < 1.29 is 4.74 Å². The molecule has 2 N–H and O–H groups in total. The molecule has 0 bridgehead atoms. The number of unbranched alkanes of at least 4 members (excludes halogenated alkanes) is 1. The number of aromatic nitrogens is 1. The SMILES string of the molecule is C=CCNC(=NC)NCc1cccnc1OCCCC. The van der Waals surface area contributed by atoms with Crippen molar-refractivity contribution in [3.63, 3.8) is 0 Å². The van der Waals surface area contributed by atoms with Gasteiger partial charge in [0.2, 0.25) is 5.88 Å². The first kappa shape index (κ1) is 16.0. The first-order chi connectivity index (χ1) is 9.81. The number of rotatable bonds is 8. The molecule has 1 rings (SSSR count). The Morgan fingerprint density at radius 3 is 3.05 bits per heavy atom. The average molecular weight is 276 g/mol. The van der Waals surface area contributed by atoms with E-state index < -0.39 is 0 Å². The van der Waals surface area contributed by atoms with Crippen LogP contribution in [0.3, 0.4) is 0 Å². The Bertz CT molecular complexity index is 432. The van der Waals surface area contributed by atoms with Gasteiger partial charge in [-0.1, -0.05) is 25.5 Å². The Morgan fingerprint density at radius 1 is 1.50 bits per heavy atom. The topological polar surface area (TPSA) is 58.5 Å². The summed E-state index contributed by atoms with van der Waals surface area (Å²) < 4.78 is 5.70. The second kappa shape index (κ2) is 9.83. The molecule has 0 atom stereocenters. The van der Waals surface area contributed by atoms with Crippen molar-refractivity contribution in [2.75, 3.05) is 20.2 Å². The van der Waals surface area contributed by atoms with Gasteiger partial charge in [0.25, 0.3) is 0 Å². The lowest BCUT2D eigenvalue weighted by Crippen LogP contribution is -2.36. The predicted molar refractivity (Wildman–Crippen MR) is 83.0 cm³/mol. The maximum absolute atomic E-state index is 5.70. The number of nitrogens with one attached hydrogen (secondary N) is 2. The van der Waals surface area contributed by atoms with Crippen molar-refractivity contribution in [3.05, 3.63) is 36.5 Å².